The van der Waals surface area contributed by atoms with Crippen molar-refractivity contribution in [3.63, 3.8) is 0 Å². The van der Waals surface area contributed by atoms with Gasteiger partial charge in [-0.3, -0.25) is 4.79 Å². The molecule has 14 atom stereocenters. The zero-order valence-corrected chi connectivity index (χ0v) is 35.8. The predicted octanol–water partition coefficient (Wildman–Crippen LogP) is 9.44. The highest BCUT2D eigenvalue weighted by molar-refractivity contribution is 5.69. The Morgan fingerprint density at radius 1 is 0.800 bits per heavy atom. The molecular weight excluding hydrogens is 693 g/mol. The Kier molecular flexibility index (Phi) is 17.0. The molecule has 0 bridgehead atoms. The molecule has 4 fully saturated rings. The lowest BCUT2D eigenvalue weighted by Crippen LogP contribution is -2.60. The Bertz CT molecular complexity index is 1210. The molecule has 0 radical (unpaired) electrons. The molecular formula is C47H82O8. The molecule has 1 aliphatic heterocycles. The van der Waals surface area contributed by atoms with Crippen molar-refractivity contribution in [2.24, 2.45) is 46.3 Å². The highest BCUT2D eigenvalue weighted by Gasteiger charge is 2.61. The molecule has 0 aromatic rings. The third kappa shape index (κ3) is 11.0. The van der Waals surface area contributed by atoms with Crippen LogP contribution in [0.4, 0.5) is 0 Å². The van der Waals surface area contributed by atoms with Crippen molar-refractivity contribution in [3.05, 3.63) is 11.6 Å². The van der Waals surface area contributed by atoms with Crippen molar-refractivity contribution < 1.29 is 39.4 Å². The van der Waals surface area contributed by atoms with Crippen LogP contribution in [0.1, 0.15) is 183 Å². The molecule has 0 amide bonds. The van der Waals surface area contributed by atoms with Gasteiger partial charge in [-0.1, -0.05) is 137 Å². The minimum absolute atomic E-state index is 0.00156. The molecule has 4 unspecified atom stereocenters. The number of carbonyl (C=O) groups excluding carboxylic acids is 1. The van der Waals surface area contributed by atoms with Crippen LogP contribution in [0.25, 0.3) is 0 Å². The summed E-state index contributed by atoms with van der Waals surface area (Å²) in [6.07, 6.45) is 19.7. The summed E-state index contributed by atoms with van der Waals surface area (Å²) in [5.74, 6) is 3.15. The highest BCUT2D eigenvalue weighted by Crippen LogP contribution is 2.67. The molecule has 5 aliphatic rings. The van der Waals surface area contributed by atoms with Gasteiger partial charge in [-0.15, -0.1) is 0 Å². The van der Waals surface area contributed by atoms with Crippen LogP contribution >= 0.6 is 0 Å². The molecule has 0 aromatic carbocycles. The molecule has 8 heteroatoms. The molecule has 0 aromatic heterocycles. The largest absolute Gasteiger partial charge is 0.463 e. The molecule has 4 N–H and O–H groups in total. The van der Waals surface area contributed by atoms with Crippen molar-refractivity contribution in [1.82, 2.24) is 0 Å². The van der Waals surface area contributed by atoms with E-state index in [4.69, 9.17) is 14.2 Å². The van der Waals surface area contributed by atoms with Gasteiger partial charge in [0, 0.05) is 6.42 Å². The minimum Gasteiger partial charge on any atom is -0.463 e. The fraction of sp³-hybridized carbons (Fsp3) is 0.936. The van der Waals surface area contributed by atoms with Gasteiger partial charge in [0.1, 0.15) is 31.0 Å². The summed E-state index contributed by atoms with van der Waals surface area (Å²) in [7, 11) is 0. The first-order valence-electron chi connectivity index (χ1n) is 23.2. The lowest BCUT2D eigenvalue weighted by molar-refractivity contribution is -0.313. The average molecular weight is 775 g/mol. The maximum absolute atomic E-state index is 12.5. The van der Waals surface area contributed by atoms with Gasteiger partial charge in [-0.2, -0.15) is 0 Å². The molecule has 4 aliphatic carbocycles. The number of hydrogen-bond acceptors (Lipinski definition) is 8. The van der Waals surface area contributed by atoms with Gasteiger partial charge in [0.2, 0.25) is 0 Å². The monoisotopic (exact) mass is 775 g/mol. The Labute approximate surface area is 334 Å². The number of carbonyl (C=O) groups is 1. The second-order valence-corrected chi connectivity index (χ2v) is 19.9. The second-order valence-electron chi connectivity index (χ2n) is 19.9. The number of aliphatic hydroxyl groups excluding tert-OH is 4. The Morgan fingerprint density at radius 2 is 1.47 bits per heavy atom. The predicted molar refractivity (Wildman–Crippen MR) is 218 cm³/mol. The third-order valence-electron chi connectivity index (χ3n) is 15.7. The van der Waals surface area contributed by atoms with Crippen LogP contribution in [0.2, 0.25) is 0 Å². The highest BCUT2D eigenvalue weighted by atomic mass is 16.7. The number of hydrogen-bond donors (Lipinski definition) is 4. The summed E-state index contributed by atoms with van der Waals surface area (Å²) < 4.78 is 17.9. The molecule has 1 heterocycles. The first-order chi connectivity index (χ1) is 26.3. The van der Waals surface area contributed by atoms with Crippen molar-refractivity contribution in [3.8, 4) is 0 Å². The topological polar surface area (TPSA) is 126 Å². The summed E-state index contributed by atoms with van der Waals surface area (Å²) >= 11 is 0. The Hall–Kier alpha value is -1.03. The van der Waals surface area contributed by atoms with Crippen LogP contribution in [0, 0.1) is 46.3 Å². The smallest absolute Gasteiger partial charge is 0.305 e. The van der Waals surface area contributed by atoms with E-state index in [0.717, 1.165) is 56.3 Å². The minimum atomic E-state index is -1.48. The fourth-order valence-corrected chi connectivity index (χ4v) is 12.3. The lowest BCUT2D eigenvalue weighted by Gasteiger charge is -2.59. The zero-order valence-electron chi connectivity index (χ0n) is 35.8. The van der Waals surface area contributed by atoms with E-state index >= 15 is 0 Å². The maximum Gasteiger partial charge on any atom is 0.305 e. The van der Waals surface area contributed by atoms with Crippen LogP contribution in [-0.4, -0.2) is 75.9 Å². The average Bonchev–Trinajstić information content (AvgIpc) is 3.51. The molecule has 8 nitrogen and oxygen atoms in total. The molecule has 0 spiro atoms. The van der Waals surface area contributed by atoms with Crippen LogP contribution < -0.4 is 0 Å². The quantitative estimate of drug-likeness (QED) is 0.0517. The number of fused-ring (bicyclic) bond motifs is 5. The van der Waals surface area contributed by atoms with Crippen LogP contribution in [0.5, 0.6) is 0 Å². The number of unbranched alkanes of at least 4 members (excludes halogenated alkanes) is 10. The molecule has 1 saturated heterocycles. The van der Waals surface area contributed by atoms with Gasteiger partial charge in [0.25, 0.3) is 0 Å². The van der Waals surface area contributed by atoms with Crippen LogP contribution in [0.3, 0.4) is 0 Å². The Balaban J connectivity index is 1.09. The van der Waals surface area contributed by atoms with Crippen LogP contribution in [0.15, 0.2) is 11.6 Å². The lowest BCUT2D eigenvalue weighted by atomic mass is 9.46. The first kappa shape index (κ1) is 45.1. The standard InChI is InChI=1S/C47H82O8/c1-7-8-9-10-11-12-13-14-15-16-17-21-40(49)53-30-39-42(50)43(51)44(52)45(55-39)54-34-24-26-46(5)33(28-34)29-38(48)41-36-23-22-35(32(4)20-18-19-31(2)3)47(36,6)27-25-37(41)46/h29,31-32,34-39,41-45,48,50-52H,7-28,30H2,1-6H3/t32-,34?,35-,36?,37?,38-,39-,41?,42+,43+,44-,45+,46+,47-/m1/s1. The van der Waals surface area contributed by atoms with Gasteiger partial charge in [0.15, 0.2) is 6.29 Å². The zero-order chi connectivity index (χ0) is 39.8. The first-order valence-corrected chi connectivity index (χ1v) is 23.2. The number of esters is 1. The number of aliphatic hydroxyl groups is 4. The van der Waals surface area contributed by atoms with Crippen molar-refractivity contribution in [1.29, 1.82) is 0 Å². The third-order valence-corrected chi connectivity index (χ3v) is 15.7. The summed E-state index contributed by atoms with van der Waals surface area (Å²) in [4.78, 5) is 12.5. The summed E-state index contributed by atoms with van der Waals surface area (Å²) in [6, 6.07) is 0. The van der Waals surface area contributed by atoms with Crippen molar-refractivity contribution >= 4 is 5.97 Å². The van der Waals surface area contributed by atoms with Crippen molar-refractivity contribution in [2.75, 3.05) is 6.61 Å². The van der Waals surface area contributed by atoms with E-state index in [9.17, 15) is 25.2 Å². The summed E-state index contributed by atoms with van der Waals surface area (Å²) in [6.45, 7) is 14.1. The molecule has 5 rings (SSSR count). The van der Waals surface area contributed by atoms with Crippen molar-refractivity contribution in [2.45, 2.75) is 226 Å². The van der Waals surface area contributed by atoms with Gasteiger partial charge >= 0.3 is 5.97 Å². The molecule has 318 valence electrons. The van der Waals surface area contributed by atoms with Gasteiger partial charge in [-0.05, 0) is 97.7 Å². The van der Waals surface area contributed by atoms with Gasteiger partial charge in [-0.25, -0.2) is 0 Å². The van der Waals surface area contributed by atoms with E-state index in [0.29, 0.717) is 30.1 Å². The van der Waals surface area contributed by atoms with E-state index in [1.54, 1.807) is 0 Å². The van der Waals surface area contributed by atoms with E-state index in [-0.39, 0.29) is 30.0 Å². The summed E-state index contributed by atoms with van der Waals surface area (Å²) in [5.41, 5.74) is 1.54. The number of rotatable bonds is 21. The number of ether oxygens (including phenoxy) is 3. The van der Waals surface area contributed by atoms with Crippen LogP contribution in [-0.2, 0) is 19.0 Å². The van der Waals surface area contributed by atoms with E-state index in [1.807, 2.05) is 0 Å². The maximum atomic E-state index is 12.5. The summed E-state index contributed by atoms with van der Waals surface area (Å²) in [5, 5.41) is 44.2. The normalized spacial score (nSPS) is 39.3. The van der Waals surface area contributed by atoms with E-state index < -0.39 is 36.8 Å². The fourth-order valence-electron chi connectivity index (χ4n) is 12.3. The molecule has 3 saturated carbocycles. The Morgan fingerprint density at radius 3 is 2.15 bits per heavy atom. The van der Waals surface area contributed by atoms with Gasteiger partial charge in [0.05, 0.1) is 12.2 Å². The van der Waals surface area contributed by atoms with E-state index in [2.05, 4.69) is 47.6 Å². The van der Waals surface area contributed by atoms with Gasteiger partial charge < -0.3 is 34.6 Å². The SMILES string of the molecule is CCCCCCCCCCCCCC(=O)OC[C@H]1O[C@H](OC2CC[C@@]3(C)C(=C[C@@H](O)C4C3CC[C@@]3(C)C4CC[C@@H]3[C@H](C)CCCC(C)C)C2)[C@H](O)[C@@H](O)[C@H]1O. The second kappa shape index (κ2) is 20.8. The molecule has 55 heavy (non-hydrogen) atoms. The van der Waals surface area contributed by atoms with E-state index in [1.165, 1.54) is 95.5 Å².